The number of methoxy groups -OCH3 is 3. The van der Waals surface area contributed by atoms with Gasteiger partial charge in [-0.3, -0.25) is 0 Å². The van der Waals surface area contributed by atoms with Gasteiger partial charge in [0, 0.05) is 6.54 Å². The maximum Gasteiger partial charge on any atom is 0.161 e. The topological polar surface area (TPSA) is 49.0 Å². The number of benzene rings is 3. The normalized spacial score (nSPS) is 10.2. The lowest BCUT2D eigenvalue weighted by Crippen LogP contribution is -2.16. The van der Waals surface area contributed by atoms with Crippen molar-refractivity contribution in [3.63, 3.8) is 0 Å². The fourth-order valence-corrected chi connectivity index (χ4v) is 3.29. The van der Waals surface area contributed by atoms with Gasteiger partial charge >= 0.3 is 0 Å². The van der Waals surface area contributed by atoms with E-state index in [0.29, 0.717) is 6.61 Å². The lowest BCUT2D eigenvalue weighted by Gasteiger charge is -2.13. The highest BCUT2D eigenvalue weighted by molar-refractivity contribution is 5.85. The van der Waals surface area contributed by atoms with Crippen molar-refractivity contribution >= 4 is 12.4 Å². The predicted octanol–water partition coefficient (Wildman–Crippen LogP) is 5.35. The number of nitrogens with one attached hydrogen (secondary N) is 1. The van der Waals surface area contributed by atoms with E-state index in [-0.39, 0.29) is 12.4 Å². The Morgan fingerprint density at radius 1 is 0.656 bits per heavy atom. The van der Waals surface area contributed by atoms with Crippen LogP contribution in [0.4, 0.5) is 0 Å². The van der Waals surface area contributed by atoms with E-state index in [1.165, 1.54) is 11.1 Å². The molecule has 0 heterocycles. The van der Waals surface area contributed by atoms with Gasteiger partial charge in [-0.25, -0.2) is 0 Å². The highest BCUT2D eigenvalue weighted by atomic mass is 35.5. The van der Waals surface area contributed by atoms with Gasteiger partial charge in [0.25, 0.3) is 0 Å². The van der Waals surface area contributed by atoms with E-state index in [1.807, 2.05) is 24.3 Å². The molecule has 0 unspecified atom stereocenters. The standard InChI is InChI=1S/C26H31NO4.ClH/c1-19-5-7-21(8-6-19)18-31-24-12-10-22(16-26(24)30-4)17-27-14-13-20-9-11-23(28-2)25(15-20)29-3;/h5-12,15-16,27H,13-14,17-18H2,1-4H3;1H. The smallest absolute Gasteiger partial charge is 0.161 e. The first-order chi connectivity index (χ1) is 15.1. The summed E-state index contributed by atoms with van der Waals surface area (Å²) in [6.07, 6.45) is 0.898. The first-order valence-corrected chi connectivity index (χ1v) is 10.4. The third-order valence-corrected chi connectivity index (χ3v) is 5.11. The minimum Gasteiger partial charge on any atom is -0.493 e. The van der Waals surface area contributed by atoms with Gasteiger partial charge in [-0.2, -0.15) is 0 Å². The van der Waals surface area contributed by atoms with Crippen molar-refractivity contribution in [3.05, 3.63) is 82.9 Å². The number of rotatable bonds is 11. The van der Waals surface area contributed by atoms with Crippen molar-refractivity contribution in [3.8, 4) is 23.0 Å². The van der Waals surface area contributed by atoms with Crippen LogP contribution < -0.4 is 24.3 Å². The van der Waals surface area contributed by atoms with Crippen LogP contribution in [0.15, 0.2) is 60.7 Å². The molecule has 0 aliphatic carbocycles. The summed E-state index contributed by atoms with van der Waals surface area (Å²) in [4.78, 5) is 0. The summed E-state index contributed by atoms with van der Waals surface area (Å²) in [7, 11) is 4.97. The summed E-state index contributed by atoms with van der Waals surface area (Å²) in [5.41, 5.74) is 4.72. The summed E-state index contributed by atoms with van der Waals surface area (Å²) >= 11 is 0. The van der Waals surface area contributed by atoms with Crippen LogP contribution >= 0.6 is 12.4 Å². The molecule has 3 aromatic carbocycles. The molecule has 3 aromatic rings. The molecule has 0 saturated carbocycles. The highest BCUT2D eigenvalue weighted by Crippen LogP contribution is 2.29. The molecule has 3 rings (SSSR count). The van der Waals surface area contributed by atoms with Gasteiger partial charge < -0.3 is 24.3 Å². The van der Waals surface area contributed by atoms with Crippen LogP contribution in [0.1, 0.15) is 22.3 Å². The summed E-state index contributed by atoms with van der Waals surface area (Å²) < 4.78 is 22.2. The maximum atomic E-state index is 5.97. The van der Waals surface area contributed by atoms with E-state index in [4.69, 9.17) is 18.9 Å². The van der Waals surface area contributed by atoms with Crippen LogP contribution in [0.25, 0.3) is 0 Å². The molecule has 6 heteroatoms. The van der Waals surface area contributed by atoms with E-state index in [0.717, 1.165) is 53.6 Å². The van der Waals surface area contributed by atoms with Crippen molar-refractivity contribution in [1.82, 2.24) is 5.32 Å². The molecule has 0 bridgehead atoms. The minimum absolute atomic E-state index is 0. The molecule has 0 amide bonds. The quantitative estimate of drug-likeness (QED) is 0.393. The third kappa shape index (κ3) is 7.08. The fraction of sp³-hybridized carbons (Fsp3) is 0.308. The molecule has 0 radical (unpaired) electrons. The van der Waals surface area contributed by atoms with Crippen LogP contribution in [-0.2, 0) is 19.6 Å². The second kappa shape index (κ2) is 12.8. The van der Waals surface area contributed by atoms with Crippen molar-refractivity contribution in [2.24, 2.45) is 0 Å². The lowest BCUT2D eigenvalue weighted by atomic mass is 10.1. The SMILES string of the molecule is COc1ccc(CCNCc2ccc(OCc3ccc(C)cc3)c(OC)c2)cc1OC.Cl. The largest absolute Gasteiger partial charge is 0.493 e. The molecule has 0 aromatic heterocycles. The summed E-state index contributed by atoms with van der Waals surface area (Å²) in [5.74, 6) is 2.99. The number of hydrogen-bond donors (Lipinski definition) is 1. The zero-order chi connectivity index (χ0) is 22.1. The van der Waals surface area contributed by atoms with E-state index >= 15 is 0 Å². The predicted molar refractivity (Wildman–Crippen MR) is 131 cm³/mol. The second-order valence-corrected chi connectivity index (χ2v) is 7.38. The average Bonchev–Trinajstić information content (AvgIpc) is 2.81. The number of ether oxygens (including phenoxy) is 4. The molecule has 0 saturated heterocycles. The first kappa shape index (κ1) is 25.4. The van der Waals surface area contributed by atoms with Gasteiger partial charge in [-0.1, -0.05) is 42.0 Å². The van der Waals surface area contributed by atoms with Crippen molar-refractivity contribution < 1.29 is 18.9 Å². The zero-order valence-electron chi connectivity index (χ0n) is 19.1. The summed E-state index contributed by atoms with van der Waals surface area (Å²) in [6, 6.07) is 20.4. The van der Waals surface area contributed by atoms with Crippen molar-refractivity contribution in [1.29, 1.82) is 0 Å². The van der Waals surface area contributed by atoms with E-state index in [1.54, 1.807) is 21.3 Å². The molecule has 0 atom stereocenters. The van der Waals surface area contributed by atoms with Crippen LogP contribution in [0.2, 0.25) is 0 Å². The summed E-state index contributed by atoms with van der Waals surface area (Å²) in [6.45, 7) is 4.19. The third-order valence-electron chi connectivity index (χ3n) is 5.11. The van der Waals surface area contributed by atoms with Crippen LogP contribution in [-0.4, -0.2) is 27.9 Å². The Morgan fingerprint density at radius 3 is 1.91 bits per heavy atom. The summed E-state index contributed by atoms with van der Waals surface area (Å²) in [5, 5.41) is 3.48. The molecule has 1 N–H and O–H groups in total. The van der Waals surface area contributed by atoms with Gasteiger partial charge in [0.05, 0.1) is 21.3 Å². The van der Waals surface area contributed by atoms with Gasteiger partial charge in [0.1, 0.15) is 6.61 Å². The zero-order valence-corrected chi connectivity index (χ0v) is 20.0. The van der Waals surface area contributed by atoms with Crippen LogP contribution in [0.3, 0.4) is 0 Å². The minimum atomic E-state index is 0. The Labute approximate surface area is 197 Å². The van der Waals surface area contributed by atoms with Crippen molar-refractivity contribution in [2.75, 3.05) is 27.9 Å². The molecular weight excluding hydrogens is 426 g/mol. The molecule has 0 spiro atoms. The molecule has 0 fully saturated rings. The molecular formula is C26H32ClNO4. The van der Waals surface area contributed by atoms with Gasteiger partial charge in [0.15, 0.2) is 23.0 Å². The Balaban J connectivity index is 0.00000363. The average molecular weight is 458 g/mol. The number of hydrogen-bond acceptors (Lipinski definition) is 5. The van der Waals surface area contributed by atoms with Gasteiger partial charge in [-0.05, 0) is 60.8 Å². The molecule has 5 nitrogen and oxygen atoms in total. The number of halogens is 1. The molecule has 32 heavy (non-hydrogen) atoms. The molecule has 0 aliphatic heterocycles. The van der Waals surface area contributed by atoms with E-state index in [9.17, 15) is 0 Å². The number of aryl methyl sites for hydroxylation is 1. The fourth-order valence-electron chi connectivity index (χ4n) is 3.29. The van der Waals surface area contributed by atoms with Crippen LogP contribution in [0.5, 0.6) is 23.0 Å². The van der Waals surface area contributed by atoms with Gasteiger partial charge in [-0.15, -0.1) is 12.4 Å². The second-order valence-electron chi connectivity index (χ2n) is 7.38. The monoisotopic (exact) mass is 457 g/mol. The Hall–Kier alpha value is -2.89. The molecule has 0 aliphatic rings. The van der Waals surface area contributed by atoms with E-state index in [2.05, 4.69) is 48.6 Å². The lowest BCUT2D eigenvalue weighted by molar-refractivity contribution is 0.284. The Kier molecular flexibility index (Phi) is 10.2. The van der Waals surface area contributed by atoms with Crippen molar-refractivity contribution in [2.45, 2.75) is 26.5 Å². The Morgan fingerprint density at radius 2 is 1.22 bits per heavy atom. The Bertz CT molecular complexity index is 976. The van der Waals surface area contributed by atoms with Crippen LogP contribution in [0, 0.1) is 6.92 Å². The van der Waals surface area contributed by atoms with Gasteiger partial charge in [0.2, 0.25) is 0 Å². The van der Waals surface area contributed by atoms with E-state index < -0.39 is 0 Å². The molecule has 172 valence electrons. The first-order valence-electron chi connectivity index (χ1n) is 10.4. The highest BCUT2D eigenvalue weighted by Gasteiger charge is 2.07. The maximum absolute atomic E-state index is 5.97.